The molecule has 0 spiro atoms. The second kappa shape index (κ2) is 9.27. The predicted octanol–water partition coefficient (Wildman–Crippen LogP) is 4.87. The van der Waals surface area contributed by atoms with Crippen LogP contribution in [0, 0.1) is 5.92 Å². The highest BCUT2D eigenvalue weighted by atomic mass is 35.5. The van der Waals surface area contributed by atoms with E-state index < -0.39 is 0 Å². The monoisotopic (exact) mass is 440 g/mol. The van der Waals surface area contributed by atoms with Crippen LogP contribution in [0.2, 0.25) is 5.02 Å². The third kappa shape index (κ3) is 5.18. The van der Waals surface area contributed by atoms with E-state index in [-0.39, 0.29) is 11.8 Å². The molecule has 1 fully saturated rings. The van der Waals surface area contributed by atoms with Crippen LogP contribution in [0.15, 0.2) is 40.9 Å². The first-order chi connectivity index (χ1) is 14.9. The van der Waals surface area contributed by atoms with Crippen molar-refractivity contribution >= 4 is 17.5 Å². The van der Waals surface area contributed by atoms with Crippen LogP contribution in [-0.4, -0.2) is 38.7 Å². The third-order valence-corrected chi connectivity index (χ3v) is 5.94. The summed E-state index contributed by atoms with van der Waals surface area (Å²) in [5, 5.41) is 5.24. The van der Waals surface area contributed by atoms with E-state index in [1.54, 1.807) is 10.9 Å². The molecule has 1 aliphatic rings. The molecule has 1 saturated heterocycles. The summed E-state index contributed by atoms with van der Waals surface area (Å²) >= 11 is 5.96. The number of aromatic nitrogens is 3. The van der Waals surface area contributed by atoms with Gasteiger partial charge in [-0.05, 0) is 48.9 Å². The van der Waals surface area contributed by atoms with E-state index >= 15 is 0 Å². The number of rotatable bonds is 6. The Morgan fingerprint density at radius 3 is 2.81 bits per heavy atom. The van der Waals surface area contributed by atoms with Crippen LogP contribution in [0.4, 0.5) is 0 Å². The first-order valence-corrected chi connectivity index (χ1v) is 11.3. The summed E-state index contributed by atoms with van der Waals surface area (Å²) in [5.41, 5.74) is 2.74. The zero-order valence-corrected chi connectivity index (χ0v) is 19.1. The summed E-state index contributed by atoms with van der Waals surface area (Å²) in [6.07, 6.45) is 5.24. The summed E-state index contributed by atoms with van der Waals surface area (Å²) in [7, 11) is 1.84. The Bertz CT molecular complexity index is 1040. The van der Waals surface area contributed by atoms with Gasteiger partial charge in [-0.25, -0.2) is 4.98 Å². The average molecular weight is 441 g/mol. The van der Waals surface area contributed by atoms with Crippen molar-refractivity contribution in [2.45, 2.75) is 45.4 Å². The van der Waals surface area contributed by atoms with Gasteiger partial charge in [0.05, 0.1) is 17.8 Å². The Morgan fingerprint density at radius 1 is 1.29 bits per heavy atom. The number of carbonyl (C=O) groups excluding carboxylic acids is 1. The van der Waals surface area contributed by atoms with Crippen LogP contribution in [0.3, 0.4) is 0 Å². The topological polar surface area (TPSA) is 64.2 Å². The van der Waals surface area contributed by atoms with Crippen LogP contribution >= 0.6 is 11.6 Å². The fourth-order valence-corrected chi connectivity index (χ4v) is 4.29. The third-order valence-electron chi connectivity index (χ3n) is 5.69. The Labute approximate surface area is 188 Å². The predicted molar refractivity (Wildman–Crippen MR) is 120 cm³/mol. The number of aryl methyl sites for hydroxylation is 1. The van der Waals surface area contributed by atoms with E-state index in [1.807, 2.05) is 42.3 Å². The van der Waals surface area contributed by atoms with Crippen molar-refractivity contribution in [1.82, 2.24) is 19.7 Å². The van der Waals surface area contributed by atoms with Gasteiger partial charge < -0.3 is 9.32 Å². The maximum Gasteiger partial charge on any atom is 0.272 e. The fourth-order valence-electron chi connectivity index (χ4n) is 4.17. The largest absolute Gasteiger partial charge is 0.445 e. The number of amides is 1. The van der Waals surface area contributed by atoms with Crippen LogP contribution < -0.4 is 0 Å². The van der Waals surface area contributed by atoms with Gasteiger partial charge in [-0.15, -0.1) is 0 Å². The Morgan fingerprint density at radius 2 is 2.06 bits per heavy atom. The number of oxazole rings is 1. The quantitative estimate of drug-likeness (QED) is 0.548. The molecule has 164 valence electrons. The van der Waals surface area contributed by atoms with Gasteiger partial charge in [0.15, 0.2) is 5.89 Å². The van der Waals surface area contributed by atoms with Gasteiger partial charge in [-0.3, -0.25) is 9.48 Å². The summed E-state index contributed by atoms with van der Waals surface area (Å²) in [6, 6.07) is 9.68. The molecule has 0 bridgehead atoms. The van der Waals surface area contributed by atoms with Crippen LogP contribution in [-0.2, 0) is 19.9 Å². The van der Waals surface area contributed by atoms with Gasteiger partial charge in [0, 0.05) is 31.6 Å². The van der Waals surface area contributed by atoms with Gasteiger partial charge in [-0.1, -0.05) is 37.6 Å². The van der Waals surface area contributed by atoms with E-state index in [9.17, 15) is 4.79 Å². The lowest BCUT2D eigenvalue weighted by atomic mass is 9.97. The molecule has 1 atom stereocenters. The van der Waals surface area contributed by atoms with Crippen molar-refractivity contribution in [2.24, 2.45) is 13.0 Å². The lowest BCUT2D eigenvalue weighted by Crippen LogP contribution is -2.40. The highest BCUT2D eigenvalue weighted by Crippen LogP contribution is 2.28. The molecule has 7 heteroatoms. The lowest BCUT2D eigenvalue weighted by Gasteiger charge is -2.31. The molecule has 0 saturated carbocycles. The number of carbonyl (C=O) groups is 1. The van der Waals surface area contributed by atoms with E-state index in [2.05, 4.69) is 23.9 Å². The second-order valence-electron chi connectivity index (χ2n) is 8.80. The summed E-state index contributed by atoms with van der Waals surface area (Å²) in [6.45, 7) is 5.68. The van der Waals surface area contributed by atoms with E-state index in [1.165, 1.54) is 0 Å². The van der Waals surface area contributed by atoms with Crippen LogP contribution in [0.1, 0.15) is 66.0 Å². The highest BCUT2D eigenvalue weighted by Gasteiger charge is 2.30. The van der Waals surface area contributed by atoms with Crippen molar-refractivity contribution < 1.29 is 9.21 Å². The van der Waals surface area contributed by atoms with Crippen molar-refractivity contribution in [1.29, 1.82) is 0 Å². The minimum atomic E-state index is 0.0302. The molecule has 0 radical (unpaired) electrons. The lowest BCUT2D eigenvalue weighted by molar-refractivity contribution is 0.0686. The van der Waals surface area contributed by atoms with Crippen molar-refractivity contribution in [3.8, 4) is 0 Å². The molecule has 4 rings (SSSR count). The van der Waals surface area contributed by atoms with Crippen molar-refractivity contribution in [3.63, 3.8) is 0 Å². The van der Waals surface area contributed by atoms with Gasteiger partial charge >= 0.3 is 0 Å². The van der Waals surface area contributed by atoms with Crippen molar-refractivity contribution in [3.05, 3.63) is 70.2 Å². The Balaban J connectivity index is 1.43. The summed E-state index contributed by atoms with van der Waals surface area (Å²) in [4.78, 5) is 19.6. The summed E-state index contributed by atoms with van der Waals surface area (Å²) in [5.74, 6) is 2.18. The number of hydrogen-bond acceptors (Lipinski definition) is 4. The van der Waals surface area contributed by atoms with Gasteiger partial charge in [0.25, 0.3) is 5.91 Å². The smallest absolute Gasteiger partial charge is 0.272 e. The standard InChI is InChI=1S/C24H29ClN4O2/c1-16(2)11-20-13-22(28(3)27-20)24(30)29-10-4-5-18(15-29)23-26-14-21(31-23)12-17-6-8-19(25)9-7-17/h6-9,13-14,16,18H,4-5,10-12,15H2,1-3H3. The van der Waals surface area contributed by atoms with Gasteiger partial charge in [-0.2, -0.15) is 5.10 Å². The molecule has 1 aromatic carbocycles. The average Bonchev–Trinajstić information content (AvgIpc) is 3.35. The van der Waals surface area contributed by atoms with Gasteiger partial charge in [0.1, 0.15) is 11.5 Å². The molecule has 31 heavy (non-hydrogen) atoms. The molecule has 3 heterocycles. The molecule has 0 N–H and O–H groups in total. The highest BCUT2D eigenvalue weighted by molar-refractivity contribution is 6.30. The van der Waals surface area contributed by atoms with Crippen molar-refractivity contribution in [2.75, 3.05) is 13.1 Å². The molecular formula is C24H29ClN4O2. The Hall–Kier alpha value is -2.60. The van der Waals surface area contributed by atoms with Crippen LogP contribution in [0.5, 0.6) is 0 Å². The Kier molecular flexibility index (Phi) is 6.46. The molecule has 6 nitrogen and oxygen atoms in total. The number of piperidine rings is 1. The minimum Gasteiger partial charge on any atom is -0.445 e. The molecule has 1 aliphatic heterocycles. The zero-order valence-electron chi connectivity index (χ0n) is 18.3. The van der Waals surface area contributed by atoms with E-state index in [0.717, 1.165) is 47.8 Å². The van der Waals surface area contributed by atoms with Crippen LogP contribution in [0.25, 0.3) is 0 Å². The maximum atomic E-state index is 13.2. The molecule has 0 aliphatic carbocycles. The second-order valence-corrected chi connectivity index (χ2v) is 9.24. The first kappa shape index (κ1) is 21.6. The summed E-state index contributed by atoms with van der Waals surface area (Å²) < 4.78 is 7.77. The number of benzene rings is 1. The number of likely N-dealkylation sites (tertiary alicyclic amines) is 1. The molecular weight excluding hydrogens is 412 g/mol. The van der Waals surface area contributed by atoms with Gasteiger partial charge in [0.2, 0.25) is 0 Å². The minimum absolute atomic E-state index is 0.0302. The first-order valence-electron chi connectivity index (χ1n) is 10.9. The maximum absolute atomic E-state index is 13.2. The van der Waals surface area contributed by atoms with E-state index in [4.69, 9.17) is 16.0 Å². The SMILES string of the molecule is CC(C)Cc1cc(C(=O)N2CCCC(c3ncc(Cc4ccc(Cl)cc4)o3)C2)n(C)n1. The number of halogens is 1. The molecule has 2 aromatic heterocycles. The van der Waals surface area contributed by atoms with E-state index in [0.29, 0.717) is 30.5 Å². The molecule has 3 aromatic rings. The normalized spacial score (nSPS) is 16.8. The fraction of sp³-hybridized carbons (Fsp3) is 0.458. The zero-order chi connectivity index (χ0) is 22.0. The molecule has 1 amide bonds. The number of nitrogens with zero attached hydrogens (tertiary/aromatic N) is 4. The number of hydrogen-bond donors (Lipinski definition) is 0. The molecule has 1 unspecified atom stereocenters.